The molecule has 0 atom stereocenters. The predicted octanol–water partition coefficient (Wildman–Crippen LogP) is 4.24. The molecule has 0 radical (unpaired) electrons. The van der Waals surface area contributed by atoms with Crippen LogP contribution in [-0.4, -0.2) is 16.9 Å². The first kappa shape index (κ1) is 14.8. The average Bonchev–Trinajstić information content (AvgIpc) is 3.31. The highest BCUT2D eigenvalue weighted by Gasteiger charge is 2.19. The fourth-order valence-corrected chi connectivity index (χ4v) is 3.14. The van der Waals surface area contributed by atoms with E-state index in [9.17, 15) is 5.26 Å². The monoisotopic (exact) mass is 357 g/mol. The van der Waals surface area contributed by atoms with Gasteiger partial charge in [-0.15, -0.1) is 11.3 Å². The van der Waals surface area contributed by atoms with E-state index in [2.05, 4.69) is 16.2 Å². The zero-order chi connectivity index (χ0) is 16.5. The molecule has 0 fully saturated rings. The van der Waals surface area contributed by atoms with Crippen molar-refractivity contribution < 1.29 is 14.0 Å². The van der Waals surface area contributed by atoms with E-state index in [-0.39, 0.29) is 18.3 Å². The quantitative estimate of drug-likeness (QED) is 0.652. The molecule has 0 aliphatic carbocycles. The summed E-state index contributed by atoms with van der Waals surface area (Å²) in [7, 11) is 0. The Labute approximate surface area is 145 Å². The number of allylic oxidation sites excluding steroid dienone is 1. The number of hydrogen-bond donors (Lipinski definition) is 0. The van der Waals surface area contributed by atoms with Gasteiger partial charge in [0, 0.05) is 0 Å². The highest BCUT2D eigenvalue weighted by Crippen LogP contribution is 2.40. The van der Waals surface area contributed by atoms with Crippen LogP contribution in [0.1, 0.15) is 11.5 Å². The van der Waals surface area contributed by atoms with Crippen molar-refractivity contribution in [2.75, 3.05) is 6.79 Å². The van der Waals surface area contributed by atoms with Gasteiger partial charge in [-0.05, 0) is 35.2 Å². The summed E-state index contributed by atoms with van der Waals surface area (Å²) in [4.78, 5) is 5.14. The van der Waals surface area contributed by atoms with E-state index in [4.69, 9.17) is 25.6 Å². The van der Waals surface area contributed by atoms with E-state index >= 15 is 0 Å². The van der Waals surface area contributed by atoms with Crippen LogP contribution in [0.25, 0.3) is 22.4 Å². The third-order valence-electron chi connectivity index (χ3n) is 3.28. The molecule has 2 aromatic heterocycles. The van der Waals surface area contributed by atoms with Crippen LogP contribution in [0.3, 0.4) is 0 Å². The molecule has 0 bridgehead atoms. The molecule has 3 aromatic rings. The second-order valence-electron chi connectivity index (χ2n) is 4.81. The average molecular weight is 358 g/mol. The Kier molecular flexibility index (Phi) is 3.69. The maximum atomic E-state index is 9.41. The van der Waals surface area contributed by atoms with Gasteiger partial charge in [-0.2, -0.15) is 10.2 Å². The molecule has 0 amide bonds. The number of nitriles is 1. The van der Waals surface area contributed by atoms with Crippen molar-refractivity contribution >= 4 is 34.6 Å². The summed E-state index contributed by atoms with van der Waals surface area (Å²) in [6, 6.07) is 9.26. The molecule has 24 heavy (non-hydrogen) atoms. The summed E-state index contributed by atoms with van der Waals surface area (Å²) < 4.78 is 15.8. The summed E-state index contributed by atoms with van der Waals surface area (Å²) in [6.07, 6.45) is 1.61. The first-order valence-corrected chi connectivity index (χ1v) is 8.09. The number of aromatic nitrogens is 2. The van der Waals surface area contributed by atoms with Crippen molar-refractivity contribution in [3.05, 3.63) is 46.1 Å². The van der Waals surface area contributed by atoms with Crippen LogP contribution >= 0.6 is 22.9 Å². The Hall–Kier alpha value is -2.82. The number of nitrogens with zero attached hydrogens (tertiary/aromatic N) is 3. The zero-order valence-electron chi connectivity index (χ0n) is 12.0. The maximum Gasteiger partial charge on any atom is 0.268 e. The number of thiophene rings is 1. The Morgan fingerprint density at radius 2 is 2.29 bits per heavy atom. The van der Waals surface area contributed by atoms with Crippen molar-refractivity contribution in [1.82, 2.24) is 10.1 Å². The Balaban J connectivity index is 1.70. The number of halogens is 1. The number of rotatable bonds is 3. The maximum absolute atomic E-state index is 9.41. The molecule has 3 heterocycles. The van der Waals surface area contributed by atoms with Crippen LogP contribution in [-0.2, 0) is 0 Å². The Morgan fingerprint density at radius 1 is 1.38 bits per heavy atom. The molecule has 4 rings (SSSR count). The highest BCUT2D eigenvalue weighted by atomic mass is 35.5. The topological polar surface area (TPSA) is 81.2 Å². The summed E-state index contributed by atoms with van der Waals surface area (Å²) in [5.74, 6) is 1.64. The molecule has 1 aromatic carbocycles. The molecule has 1 aliphatic heterocycles. The lowest BCUT2D eigenvalue weighted by Crippen LogP contribution is -1.93. The second kappa shape index (κ2) is 6.00. The van der Waals surface area contributed by atoms with Crippen LogP contribution in [0, 0.1) is 11.3 Å². The smallest absolute Gasteiger partial charge is 0.268 e. The largest absolute Gasteiger partial charge is 0.454 e. The Morgan fingerprint density at radius 3 is 3.08 bits per heavy atom. The van der Waals surface area contributed by atoms with Gasteiger partial charge in [-0.25, -0.2) is 0 Å². The first-order chi connectivity index (χ1) is 11.7. The molecule has 0 saturated heterocycles. The summed E-state index contributed by atoms with van der Waals surface area (Å²) in [5.41, 5.74) is 0.914. The van der Waals surface area contributed by atoms with E-state index in [0.717, 1.165) is 4.88 Å². The minimum atomic E-state index is 0.126. The minimum absolute atomic E-state index is 0.126. The van der Waals surface area contributed by atoms with E-state index < -0.39 is 0 Å². The third kappa shape index (κ3) is 2.62. The van der Waals surface area contributed by atoms with Gasteiger partial charge in [0.25, 0.3) is 5.89 Å². The van der Waals surface area contributed by atoms with E-state index in [1.807, 2.05) is 17.5 Å². The third-order valence-corrected chi connectivity index (χ3v) is 4.43. The lowest BCUT2D eigenvalue weighted by Gasteiger charge is -2.01. The molecule has 8 heteroatoms. The molecule has 0 spiro atoms. The number of fused-ring (bicyclic) bond motifs is 1. The molecule has 0 unspecified atom stereocenters. The fourth-order valence-electron chi connectivity index (χ4n) is 2.22. The highest BCUT2D eigenvalue weighted by molar-refractivity contribution is 7.13. The molecule has 0 saturated carbocycles. The molecular weight excluding hydrogens is 350 g/mol. The van der Waals surface area contributed by atoms with E-state index in [1.54, 1.807) is 18.2 Å². The SMILES string of the molecule is N#C/C(=C\c1cc(Cl)c2c(c1)OCO2)c1nc(-c2cccs2)no1. The van der Waals surface area contributed by atoms with E-state index in [1.165, 1.54) is 11.3 Å². The minimum Gasteiger partial charge on any atom is -0.454 e. The van der Waals surface area contributed by atoms with Crippen LogP contribution in [0.4, 0.5) is 0 Å². The first-order valence-electron chi connectivity index (χ1n) is 6.83. The van der Waals surface area contributed by atoms with E-state index in [0.29, 0.717) is 27.9 Å². The fraction of sp³-hybridized carbons (Fsp3) is 0.0625. The van der Waals surface area contributed by atoms with Crippen LogP contribution < -0.4 is 9.47 Å². The number of benzene rings is 1. The van der Waals surface area contributed by atoms with Crippen LogP contribution in [0.15, 0.2) is 34.2 Å². The predicted molar refractivity (Wildman–Crippen MR) is 88.7 cm³/mol. The van der Waals surface area contributed by atoms with Gasteiger partial charge in [0.1, 0.15) is 11.6 Å². The zero-order valence-corrected chi connectivity index (χ0v) is 13.6. The van der Waals surface area contributed by atoms with Crippen molar-refractivity contribution in [3.8, 4) is 28.3 Å². The number of ether oxygens (including phenoxy) is 2. The van der Waals surface area contributed by atoms with Crippen molar-refractivity contribution in [3.63, 3.8) is 0 Å². The van der Waals surface area contributed by atoms with Gasteiger partial charge < -0.3 is 14.0 Å². The Bertz CT molecular complexity index is 973. The summed E-state index contributed by atoms with van der Waals surface area (Å²) in [6.45, 7) is 0.126. The lowest BCUT2D eigenvalue weighted by molar-refractivity contribution is 0.174. The van der Waals surface area contributed by atoms with Gasteiger partial charge in [0.2, 0.25) is 12.6 Å². The molecule has 118 valence electrons. The molecular formula is C16H8ClN3O3S. The normalized spacial score (nSPS) is 13.1. The summed E-state index contributed by atoms with van der Waals surface area (Å²) >= 11 is 7.64. The van der Waals surface area contributed by atoms with Gasteiger partial charge in [-0.3, -0.25) is 0 Å². The lowest BCUT2D eigenvalue weighted by atomic mass is 10.1. The molecule has 1 aliphatic rings. The molecule has 6 nitrogen and oxygen atoms in total. The van der Waals surface area contributed by atoms with Gasteiger partial charge in [-0.1, -0.05) is 22.8 Å². The second-order valence-corrected chi connectivity index (χ2v) is 6.16. The summed E-state index contributed by atoms with van der Waals surface area (Å²) in [5, 5.41) is 15.6. The van der Waals surface area contributed by atoms with Crippen molar-refractivity contribution in [2.45, 2.75) is 0 Å². The van der Waals surface area contributed by atoms with Crippen LogP contribution in [0.2, 0.25) is 5.02 Å². The van der Waals surface area contributed by atoms with Gasteiger partial charge >= 0.3 is 0 Å². The van der Waals surface area contributed by atoms with Crippen molar-refractivity contribution in [1.29, 1.82) is 5.26 Å². The van der Waals surface area contributed by atoms with Gasteiger partial charge in [0.15, 0.2) is 11.5 Å². The number of hydrogen-bond acceptors (Lipinski definition) is 7. The standard InChI is InChI=1S/C16H8ClN3O3S/c17-11-5-9(6-12-14(11)22-8-21-12)4-10(7-18)16-19-15(20-23-16)13-2-1-3-24-13/h1-6H,8H2/b10-4+. The molecule has 0 N–H and O–H groups in total. The van der Waals surface area contributed by atoms with Gasteiger partial charge in [0.05, 0.1) is 9.90 Å². The van der Waals surface area contributed by atoms with Crippen LogP contribution in [0.5, 0.6) is 11.5 Å². The van der Waals surface area contributed by atoms with Crippen molar-refractivity contribution in [2.24, 2.45) is 0 Å².